The van der Waals surface area contributed by atoms with E-state index in [1.165, 1.54) is 4.90 Å². The lowest BCUT2D eigenvalue weighted by Crippen LogP contribution is -2.47. The third-order valence-corrected chi connectivity index (χ3v) is 4.77. The summed E-state index contributed by atoms with van der Waals surface area (Å²) in [4.78, 5) is 35.4. The first-order valence-electron chi connectivity index (χ1n) is 9.09. The van der Waals surface area contributed by atoms with E-state index in [0.29, 0.717) is 30.9 Å². The van der Waals surface area contributed by atoms with Gasteiger partial charge in [-0.1, -0.05) is 36.4 Å². The van der Waals surface area contributed by atoms with Gasteiger partial charge in [0.25, 0.3) is 5.91 Å². The highest BCUT2D eigenvalue weighted by atomic mass is 16.2. The monoisotopic (exact) mass is 376 g/mol. The van der Waals surface area contributed by atoms with Crippen molar-refractivity contribution < 1.29 is 9.59 Å². The second kappa shape index (κ2) is 7.59. The summed E-state index contributed by atoms with van der Waals surface area (Å²) in [5.74, 6) is 0.581. The lowest BCUT2D eigenvalue weighted by molar-refractivity contribution is -0.120. The van der Waals surface area contributed by atoms with Gasteiger partial charge in [0.1, 0.15) is 17.7 Å². The fourth-order valence-corrected chi connectivity index (χ4v) is 3.31. The summed E-state index contributed by atoms with van der Waals surface area (Å²) in [5.41, 5.74) is 2.05. The molecule has 1 atom stereocenters. The molecule has 2 aromatic heterocycles. The molecular formula is C20H20N6O2. The van der Waals surface area contributed by atoms with Crippen LogP contribution in [-0.2, 0) is 17.6 Å². The third kappa shape index (κ3) is 3.62. The van der Waals surface area contributed by atoms with Crippen LogP contribution in [0.15, 0.2) is 48.7 Å². The maximum Gasteiger partial charge on any atom is 0.291 e. The van der Waals surface area contributed by atoms with E-state index in [0.717, 1.165) is 11.1 Å². The van der Waals surface area contributed by atoms with E-state index in [1.807, 2.05) is 42.5 Å². The Bertz CT molecular complexity index is 1000. The van der Waals surface area contributed by atoms with E-state index in [1.54, 1.807) is 13.2 Å². The number of hydrogen-bond donors (Lipinski definition) is 2. The first kappa shape index (κ1) is 17.8. The number of rotatable bonds is 4. The number of aromatic nitrogens is 4. The van der Waals surface area contributed by atoms with Crippen molar-refractivity contribution in [2.24, 2.45) is 0 Å². The number of benzene rings is 1. The summed E-state index contributed by atoms with van der Waals surface area (Å²) in [6.07, 6.45) is 3.35. The number of aromatic amines is 1. The van der Waals surface area contributed by atoms with Crippen LogP contribution in [0.3, 0.4) is 0 Å². The summed E-state index contributed by atoms with van der Waals surface area (Å²) in [5, 5.41) is 9.56. The molecule has 0 radical (unpaired) electrons. The van der Waals surface area contributed by atoms with E-state index >= 15 is 0 Å². The molecule has 0 saturated heterocycles. The van der Waals surface area contributed by atoms with Crippen molar-refractivity contribution in [2.75, 3.05) is 11.9 Å². The predicted molar refractivity (Wildman–Crippen MR) is 103 cm³/mol. The second-order valence-corrected chi connectivity index (χ2v) is 6.72. The van der Waals surface area contributed by atoms with Crippen LogP contribution in [0.25, 0.3) is 0 Å². The molecule has 3 aromatic rings. The van der Waals surface area contributed by atoms with E-state index in [4.69, 9.17) is 0 Å². The summed E-state index contributed by atoms with van der Waals surface area (Å²) in [7, 11) is 1.67. The van der Waals surface area contributed by atoms with Gasteiger partial charge in [0.2, 0.25) is 11.7 Å². The first-order valence-corrected chi connectivity index (χ1v) is 9.09. The van der Waals surface area contributed by atoms with Crippen molar-refractivity contribution >= 4 is 17.6 Å². The van der Waals surface area contributed by atoms with Gasteiger partial charge in [0, 0.05) is 19.7 Å². The number of H-pyrrole nitrogens is 1. The molecular weight excluding hydrogens is 356 g/mol. The summed E-state index contributed by atoms with van der Waals surface area (Å²) in [6.45, 7) is 0. The lowest BCUT2D eigenvalue weighted by Gasteiger charge is -2.20. The van der Waals surface area contributed by atoms with Gasteiger partial charge < -0.3 is 5.32 Å². The molecule has 1 unspecified atom stereocenters. The summed E-state index contributed by atoms with van der Waals surface area (Å²) in [6, 6.07) is 12.9. The highest BCUT2D eigenvalue weighted by molar-refractivity contribution is 6.01. The van der Waals surface area contributed by atoms with Gasteiger partial charge in [-0.25, -0.2) is 9.97 Å². The van der Waals surface area contributed by atoms with Crippen LogP contribution in [0.5, 0.6) is 0 Å². The van der Waals surface area contributed by atoms with E-state index in [-0.39, 0.29) is 11.7 Å². The van der Waals surface area contributed by atoms with Crippen molar-refractivity contribution in [2.45, 2.75) is 25.3 Å². The Labute approximate surface area is 162 Å². The minimum atomic E-state index is -0.650. The number of carbonyl (C=O) groups is 2. The minimum Gasteiger partial charge on any atom is -0.337 e. The van der Waals surface area contributed by atoms with Crippen LogP contribution in [0.2, 0.25) is 0 Å². The second-order valence-electron chi connectivity index (χ2n) is 6.72. The lowest BCUT2D eigenvalue weighted by atomic mass is 10.1. The number of aryl methyl sites for hydroxylation is 1. The zero-order chi connectivity index (χ0) is 19.5. The fraction of sp³-hybridized carbons (Fsp3) is 0.250. The number of carbonyl (C=O) groups excluding carboxylic acids is 2. The molecule has 1 aliphatic rings. The zero-order valence-corrected chi connectivity index (χ0v) is 15.4. The highest BCUT2D eigenvalue weighted by Crippen LogP contribution is 2.23. The van der Waals surface area contributed by atoms with Crippen LogP contribution >= 0.6 is 0 Å². The van der Waals surface area contributed by atoms with E-state index in [9.17, 15) is 9.59 Å². The Hall–Kier alpha value is -3.55. The fourth-order valence-electron chi connectivity index (χ4n) is 3.31. The number of fused-ring (bicyclic) bond motifs is 1. The number of pyridine rings is 1. The molecule has 3 heterocycles. The van der Waals surface area contributed by atoms with Crippen LogP contribution in [0.1, 0.15) is 34.0 Å². The summed E-state index contributed by atoms with van der Waals surface area (Å²) >= 11 is 0. The molecule has 0 bridgehead atoms. The standard InChI is InChI=1S/C20H20N6O2/c1-26-18-14(8-5-11-21-18)9-10-15(20(26)28)22-19(27)17-23-16(24-25-17)12-13-6-3-2-4-7-13/h2-8,11,15H,9-10,12H2,1H3,(H,22,27)(H,23,24,25). The molecule has 4 rings (SSSR count). The maximum absolute atomic E-state index is 12.7. The number of nitrogens with one attached hydrogen (secondary N) is 2. The van der Waals surface area contributed by atoms with Gasteiger partial charge in [0.15, 0.2) is 0 Å². The van der Waals surface area contributed by atoms with Gasteiger partial charge in [-0.2, -0.15) is 0 Å². The quantitative estimate of drug-likeness (QED) is 0.718. The first-order chi connectivity index (χ1) is 13.6. The Balaban J connectivity index is 1.45. The molecule has 1 aromatic carbocycles. The number of nitrogens with zero attached hydrogens (tertiary/aromatic N) is 4. The molecule has 8 heteroatoms. The van der Waals surface area contributed by atoms with Crippen LogP contribution in [0, 0.1) is 0 Å². The molecule has 8 nitrogen and oxygen atoms in total. The van der Waals surface area contributed by atoms with Crippen LogP contribution in [-0.4, -0.2) is 45.1 Å². The molecule has 2 N–H and O–H groups in total. The highest BCUT2D eigenvalue weighted by Gasteiger charge is 2.30. The predicted octanol–water partition coefficient (Wildman–Crippen LogP) is 1.50. The molecule has 0 fully saturated rings. The van der Waals surface area contributed by atoms with Crippen molar-refractivity contribution in [1.82, 2.24) is 25.5 Å². The van der Waals surface area contributed by atoms with Gasteiger partial charge >= 0.3 is 0 Å². The average molecular weight is 376 g/mol. The largest absolute Gasteiger partial charge is 0.337 e. The van der Waals surface area contributed by atoms with Gasteiger partial charge in [-0.15, -0.1) is 5.10 Å². The Morgan fingerprint density at radius 2 is 2.07 bits per heavy atom. The Kier molecular flexibility index (Phi) is 4.84. The molecule has 0 saturated carbocycles. The van der Waals surface area contributed by atoms with Gasteiger partial charge in [-0.05, 0) is 30.0 Å². The topological polar surface area (TPSA) is 104 Å². The molecule has 28 heavy (non-hydrogen) atoms. The maximum atomic E-state index is 12.7. The van der Waals surface area contributed by atoms with Crippen molar-refractivity contribution in [3.05, 3.63) is 71.4 Å². The molecule has 0 spiro atoms. The smallest absolute Gasteiger partial charge is 0.291 e. The third-order valence-electron chi connectivity index (χ3n) is 4.77. The van der Waals surface area contributed by atoms with Gasteiger partial charge in [-0.3, -0.25) is 19.6 Å². The number of amides is 2. The molecule has 0 aliphatic carbocycles. The normalized spacial score (nSPS) is 16.4. The van der Waals surface area contributed by atoms with E-state index in [2.05, 4.69) is 25.5 Å². The van der Waals surface area contributed by atoms with Crippen LogP contribution < -0.4 is 10.2 Å². The van der Waals surface area contributed by atoms with Crippen molar-refractivity contribution in [3.8, 4) is 0 Å². The van der Waals surface area contributed by atoms with Crippen molar-refractivity contribution in [3.63, 3.8) is 0 Å². The SMILES string of the molecule is CN1C(=O)C(NC(=O)c2n[nH]c(Cc3ccccc3)n2)CCc2cccnc21. The number of hydrogen-bond acceptors (Lipinski definition) is 5. The van der Waals surface area contributed by atoms with E-state index < -0.39 is 11.9 Å². The zero-order valence-electron chi connectivity index (χ0n) is 15.4. The minimum absolute atomic E-state index is 0.0290. The molecule has 1 aliphatic heterocycles. The Morgan fingerprint density at radius 1 is 1.25 bits per heavy atom. The van der Waals surface area contributed by atoms with Crippen molar-refractivity contribution in [1.29, 1.82) is 0 Å². The number of likely N-dealkylation sites (N-methyl/N-ethyl adjacent to an activating group) is 1. The average Bonchev–Trinajstić information content (AvgIpc) is 3.15. The summed E-state index contributed by atoms with van der Waals surface area (Å²) < 4.78 is 0. The van der Waals surface area contributed by atoms with Crippen LogP contribution in [0.4, 0.5) is 5.82 Å². The number of anilines is 1. The molecule has 142 valence electrons. The molecule has 2 amide bonds. The van der Waals surface area contributed by atoms with Gasteiger partial charge in [0.05, 0.1) is 0 Å². The Morgan fingerprint density at radius 3 is 2.89 bits per heavy atom.